The number of aryl methyl sites for hydroxylation is 2. The zero-order valence-electron chi connectivity index (χ0n) is 17.6. The lowest BCUT2D eigenvalue weighted by Crippen LogP contribution is -2.44. The molecule has 2 aromatic heterocycles. The van der Waals surface area contributed by atoms with E-state index in [-0.39, 0.29) is 6.04 Å². The molecule has 0 aromatic carbocycles. The molecule has 0 spiro atoms. The Bertz CT molecular complexity index is 745. The molecule has 7 nitrogen and oxygen atoms in total. The van der Waals surface area contributed by atoms with Crippen LogP contribution >= 0.6 is 0 Å². The Hall–Kier alpha value is -2.28. The molecule has 1 aliphatic heterocycles. The number of rotatable bonds is 8. The van der Waals surface area contributed by atoms with Gasteiger partial charge in [0.1, 0.15) is 5.76 Å². The molecule has 2 unspecified atom stereocenters. The summed E-state index contributed by atoms with van der Waals surface area (Å²) in [6, 6.07) is 6.39. The maximum Gasteiger partial charge on any atom is 0.191 e. The average Bonchev–Trinajstić information content (AvgIpc) is 3.42. The van der Waals surface area contributed by atoms with Crippen LogP contribution in [0, 0.1) is 19.8 Å². The normalized spacial score (nSPS) is 17.6. The molecule has 154 valence electrons. The van der Waals surface area contributed by atoms with Gasteiger partial charge in [-0.2, -0.15) is 5.10 Å². The van der Waals surface area contributed by atoms with E-state index in [9.17, 15) is 0 Å². The zero-order valence-corrected chi connectivity index (χ0v) is 17.6. The van der Waals surface area contributed by atoms with Gasteiger partial charge in [-0.05, 0) is 63.9 Å². The van der Waals surface area contributed by atoms with E-state index < -0.39 is 0 Å². The Morgan fingerprint density at radius 1 is 1.25 bits per heavy atom. The Balaban J connectivity index is 1.50. The number of nitrogens with zero attached hydrogens (tertiary/aromatic N) is 4. The highest BCUT2D eigenvalue weighted by molar-refractivity contribution is 5.79. The van der Waals surface area contributed by atoms with Crippen molar-refractivity contribution < 1.29 is 4.42 Å². The summed E-state index contributed by atoms with van der Waals surface area (Å²) in [4.78, 5) is 6.88. The molecule has 0 aliphatic carbocycles. The molecule has 28 heavy (non-hydrogen) atoms. The van der Waals surface area contributed by atoms with Gasteiger partial charge in [0.25, 0.3) is 0 Å². The van der Waals surface area contributed by atoms with Crippen LogP contribution in [0.1, 0.15) is 43.0 Å². The largest absolute Gasteiger partial charge is 0.468 e. The van der Waals surface area contributed by atoms with Crippen LogP contribution < -0.4 is 10.6 Å². The van der Waals surface area contributed by atoms with Crippen LogP contribution in [0.5, 0.6) is 0 Å². The first-order valence-electron chi connectivity index (χ1n) is 10.3. The Morgan fingerprint density at radius 3 is 2.61 bits per heavy atom. The van der Waals surface area contributed by atoms with Crippen LogP contribution in [0.25, 0.3) is 0 Å². The number of furan rings is 1. The van der Waals surface area contributed by atoms with Gasteiger partial charge in [0.2, 0.25) is 0 Å². The van der Waals surface area contributed by atoms with Crippen molar-refractivity contribution in [1.82, 2.24) is 25.3 Å². The summed E-state index contributed by atoms with van der Waals surface area (Å²) >= 11 is 0. The van der Waals surface area contributed by atoms with Gasteiger partial charge in [-0.15, -0.1) is 0 Å². The maximum absolute atomic E-state index is 5.70. The summed E-state index contributed by atoms with van der Waals surface area (Å²) < 4.78 is 7.78. The van der Waals surface area contributed by atoms with E-state index >= 15 is 0 Å². The summed E-state index contributed by atoms with van der Waals surface area (Å²) in [5.41, 5.74) is 2.28. The molecule has 3 heterocycles. The molecule has 0 amide bonds. The lowest BCUT2D eigenvalue weighted by Gasteiger charge is -2.27. The monoisotopic (exact) mass is 386 g/mol. The van der Waals surface area contributed by atoms with Gasteiger partial charge < -0.3 is 15.1 Å². The number of guanidine groups is 1. The maximum atomic E-state index is 5.70. The van der Waals surface area contributed by atoms with Crippen molar-refractivity contribution >= 4 is 5.96 Å². The molecule has 0 radical (unpaired) electrons. The van der Waals surface area contributed by atoms with Crippen molar-refractivity contribution in [2.45, 2.75) is 46.2 Å². The third kappa shape index (κ3) is 5.38. The summed E-state index contributed by atoms with van der Waals surface area (Å²) in [5.74, 6) is 2.29. The van der Waals surface area contributed by atoms with Crippen LogP contribution in [0.4, 0.5) is 0 Å². The molecule has 0 bridgehead atoms. The summed E-state index contributed by atoms with van der Waals surface area (Å²) in [6.07, 6.45) is 4.27. The van der Waals surface area contributed by atoms with E-state index in [1.165, 1.54) is 18.5 Å². The summed E-state index contributed by atoms with van der Waals surface area (Å²) in [7, 11) is 1.82. The molecular formula is C21H34N6O. The first kappa shape index (κ1) is 20.5. The smallest absolute Gasteiger partial charge is 0.191 e. The fourth-order valence-electron chi connectivity index (χ4n) is 3.85. The molecule has 2 atom stereocenters. The summed E-state index contributed by atoms with van der Waals surface area (Å²) in [6.45, 7) is 11.1. The third-order valence-corrected chi connectivity index (χ3v) is 5.35. The van der Waals surface area contributed by atoms with Crippen molar-refractivity contribution in [3.63, 3.8) is 0 Å². The molecule has 3 rings (SSSR count). The Morgan fingerprint density at radius 2 is 2.00 bits per heavy atom. The molecule has 2 N–H and O–H groups in total. The third-order valence-electron chi connectivity index (χ3n) is 5.35. The van der Waals surface area contributed by atoms with Crippen LogP contribution in [0.2, 0.25) is 0 Å². The van der Waals surface area contributed by atoms with Crippen molar-refractivity contribution in [3.8, 4) is 0 Å². The van der Waals surface area contributed by atoms with E-state index in [1.807, 2.05) is 20.0 Å². The van der Waals surface area contributed by atoms with E-state index in [2.05, 4.69) is 56.3 Å². The van der Waals surface area contributed by atoms with Crippen LogP contribution in [0.3, 0.4) is 0 Å². The lowest BCUT2D eigenvalue weighted by molar-refractivity contribution is 0.215. The first-order valence-corrected chi connectivity index (χ1v) is 10.3. The van der Waals surface area contributed by atoms with Crippen molar-refractivity contribution in [1.29, 1.82) is 0 Å². The fourth-order valence-corrected chi connectivity index (χ4v) is 3.85. The van der Waals surface area contributed by atoms with Crippen LogP contribution in [0.15, 0.2) is 33.9 Å². The van der Waals surface area contributed by atoms with E-state index in [1.54, 1.807) is 6.26 Å². The number of aliphatic imine (C=N–C) groups is 1. The Labute approximate surface area is 168 Å². The van der Waals surface area contributed by atoms with Gasteiger partial charge in [-0.25, -0.2) is 0 Å². The van der Waals surface area contributed by atoms with Crippen molar-refractivity contribution in [2.24, 2.45) is 10.9 Å². The van der Waals surface area contributed by atoms with Gasteiger partial charge in [-0.1, -0.05) is 6.92 Å². The highest BCUT2D eigenvalue weighted by Crippen LogP contribution is 2.24. The van der Waals surface area contributed by atoms with Gasteiger partial charge in [0.15, 0.2) is 5.96 Å². The molecule has 1 aliphatic rings. The number of likely N-dealkylation sites (tertiary alicyclic amines) is 1. The topological polar surface area (TPSA) is 70.6 Å². The lowest BCUT2D eigenvalue weighted by atomic mass is 10.2. The van der Waals surface area contributed by atoms with Crippen molar-refractivity contribution in [2.75, 3.05) is 33.2 Å². The number of hydrogen-bond donors (Lipinski definition) is 2. The Kier molecular flexibility index (Phi) is 7.14. The standard InChI is InChI=1S/C21H34N6O/c1-16(15-27-18(3)12-17(2)25-27)13-23-21(22-4)24-14-19(20-8-7-11-28-20)26-9-5-6-10-26/h7-8,11-12,16,19H,5-6,9-10,13-15H2,1-4H3,(H2,22,23,24). The highest BCUT2D eigenvalue weighted by atomic mass is 16.3. The predicted molar refractivity (Wildman–Crippen MR) is 112 cm³/mol. The predicted octanol–water partition coefficient (Wildman–Crippen LogP) is 2.73. The minimum absolute atomic E-state index is 0.239. The SMILES string of the molecule is CN=C(NCC(C)Cn1nc(C)cc1C)NCC(c1ccco1)N1CCCC1. The van der Waals surface area contributed by atoms with Gasteiger partial charge in [0, 0.05) is 32.4 Å². The van der Waals surface area contributed by atoms with Crippen LogP contribution in [-0.2, 0) is 6.54 Å². The van der Waals surface area contributed by atoms with E-state index in [0.717, 1.165) is 50.1 Å². The van der Waals surface area contributed by atoms with E-state index in [4.69, 9.17) is 4.42 Å². The second kappa shape index (κ2) is 9.78. The fraction of sp³-hybridized carbons (Fsp3) is 0.619. The molecule has 7 heteroatoms. The second-order valence-electron chi connectivity index (χ2n) is 7.82. The van der Waals surface area contributed by atoms with Crippen molar-refractivity contribution in [3.05, 3.63) is 41.6 Å². The highest BCUT2D eigenvalue weighted by Gasteiger charge is 2.25. The quantitative estimate of drug-likeness (QED) is 0.539. The summed E-state index contributed by atoms with van der Waals surface area (Å²) in [5, 5.41) is 11.5. The molecule has 1 saturated heterocycles. The molecule has 2 aromatic rings. The molecule has 1 fully saturated rings. The number of aromatic nitrogens is 2. The molecular weight excluding hydrogens is 352 g/mol. The minimum Gasteiger partial charge on any atom is -0.468 e. The zero-order chi connectivity index (χ0) is 19.9. The average molecular weight is 387 g/mol. The van der Waals surface area contributed by atoms with E-state index in [0.29, 0.717) is 5.92 Å². The van der Waals surface area contributed by atoms with Crippen LogP contribution in [-0.4, -0.2) is 53.9 Å². The minimum atomic E-state index is 0.239. The first-order chi connectivity index (χ1) is 13.6. The number of nitrogens with one attached hydrogen (secondary N) is 2. The second-order valence-corrected chi connectivity index (χ2v) is 7.82. The van der Waals surface area contributed by atoms with Gasteiger partial charge in [0.05, 0.1) is 18.0 Å². The van der Waals surface area contributed by atoms with Gasteiger partial charge in [-0.3, -0.25) is 14.6 Å². The number of hydrogen-bond acceptors (Lipinski definition) is 4. The molecule has 0 saturated carbocycles. The van der Waals surface area contributed by atoms with Gasteiger partial charge >= 0.3 is 0 Å².